The Kier molecular flexibility index (Phi) is 10.2. The van der Waals surface area contributed by atoms with Crippen LogP contribution >= 0.6 is 7.60 Å². The molecule has 0 saturated heterocycles. The van der Waals surface area contributed by atoms with E-state index in [1.165, 1.54) is 11.1 Å². The van der Waals surface area contributed by atoms with Gasteiger partial charge in [-0.15, -0.1) is 0 Å². The van der Waals surface area contributed by atoms with Gasteiger partial charge in [0.15, 0.2) is 5.78 Å². The van der Waals surface area contributed by atoms with Crippen molar-refractivity contribution in [2.24, 2.45) is 5.73 Å². The quantitative estimate of drug-likeness (QED) is 0.320. The van der Waals surface area contributed by atoms with Crippen LogP contribution in [0.25, 0.3) is 0 Å². The number of nitrogens with two attached hydrogens (primary N) is 1. The Morgan fingerprint density at radius 1 is 1.04 bits per heavy atom. The van der Waals surface area contributed by atoms with Gasteiger partial charge in [0, 0.05) is 12.1 Å². The van der Waals surface area contributed by atoms with Gasteiger partial charge in [0.25, 0.3) is 0 Å². The van der Waals surface area contributed by atoms with Gasteiger partial charge in [-0.2, -0.15) is 0 Å². The molecule has 0 atom stereocenters. The highest BCUT2D eigenvalue weighted by Gasteiger charge is 2.22. The van der Waals surface area contributed by atoms with Gasteiger partial charge >= 0.3 is 7.60 Å². The molecule has 0 aliphatic carbocycles. The third kappa shape index (κ3) is 11.2. The van der Waals surface area contributed by atoms with Crippen molar-refractivity contribution in [3.63, 3.8) is 0 Å². The van der Waals surface area contributed by atoms with E-state index in [-0.39, 0.29) is 6.54 Å². The lowest BCUT2D eigenvalue weighted by molar-refractivity contribution is -0.113. The monoisotopic (exact) mass is 343 g/mol. The van der Waals surface area contributed by atoms with Crippen molar-refractivity contribution in [1.82, 2.24) is 0 Å². The molecule has 0 spiro atoms. The fourth-order valence-corrected chi connectivity index (χ4v) is 2.75. The molecule has 23 heavy (non-hydrogen) atoms. The SMILES string of the molecule is CC(C)=CCC/C(C)=C/CC/C(C)=C(/CN)C(=O)CP(=O)(O)O. The summed E-state index contributed by atoms with van der Waals surface area (Å²) in [7, 11) is -4.35. The number of rotatable bonds is 10. The van der Waals surface area contributed by atoms with Crippen LogP contribution in [-0.4, -0.2) is 28.3 Å². The fraction of sp³-hybridized carbons (Fsp3) is 0.588. The molecule has 0 amide bonds. The van der Waals surface area contributed by atoms with Crippen LogP contribution in [0, 0.1) is 0 Å². The zero-order valence-electron chi connectivity index (χ0n) is 14.6. The lowest BCUT2D eigenvalue weighted by Gasteiger charge is -2.10. The summed E-state index contributed by atoms with van der Waals surface area (Å²) in [5.41, 5.74) is 9.32. The highest BCUT2D eigenvalue weighted by Crippen LogP contribution is 2.35. The average molecular weight is 343 g/mol. The van der Waals surface area contributed by atoms with Crippen LogP contribution in [0.5, 0.6) is 0 Å². The van der Waals surface area contributed by atoms with Crippen molar-refractivity contribution in [2.75, 3.05) is 12.7 Å². The molecule has 132 valence electrons. The van der Waals surface area contributed by atoms with E-state index in [0.717, 1.165) is 24.8 Å². The third-order valence-electron chi connectivity index (χ3n) is 3.51. The van der Waals surface area contributed by atoms with Crippen LogP contribution in [0.15, 0.2) is 34.4 Å². The van der Waals surface area contributed by atoms with Gasteiger partial charge in [-0.1, -0.05) is 28.9 Å². The first-order valence-corrected chi connectivity index (χ1v) is 9.62. The van der Waals surface area contributed by atoms with E-state index in [2.05, 4.69) is 32.9 Å². The minimum Gasteiger partial charge on any atom is -0.326 e. The second-order valence-corrected chi connectivity index (χ2v) is 7.76. The smallest absolute Gasteiger partial charge is 0.326 e. The first-order valence-electron chi connectivity index (χ1n) is 7.82. The lowest BCUT2D eigenvalue weighted by Crippen LogP contribution is -2.18. The van der Waals surface area contributed by atoms with Crippen LogP contribution in [0.1, 0.15) is 53.4 Å². The van der Waals surface area contributed by atoms with Crippen molar-refractivity contribution in [2.45, 2.75) is 53.4 Å². The van der Waals surface area contributed by atoms with Crippen LogP contribution in [0.3, 0.4) is 0 Å². The molecule has 5 nitrogen and oxygen atoms in total. The number of hydrogen-bond donors (Lipinski definition) is 3. The third-order valence-corrected chi connectivity index (χ3v) is 4.21. The van der Waals surface area contributed by atoms with Gasteiger partial charge in [0.2, 0.25) is 0 Å². The number of hydrogen-bond acceptors (Lipinski definition) is 3. The number of ketones is 1. The molecule has 0 unspecified atom stereocenters. The molecule has 6 heteroatoms. The number of carbonyl (C=O) groups excluding carboxylic acids is 1. The molecule has 0 radical (unpaired) electrons. The van der Waals surface area contributed by atoms with Gasteiger partial charge in [-0.3, -0.25) is 9.36 Å². The highest BCUT2D eigenvalue weighted by molar-refractivity contribution is 7.52. The van der Waals surface area contributed by atoms with Crippen molar-refractivity contribution in [1.29, 1.82) is 0 Å². The van der Waals surface area contributed by atoms with E-state index in [0.29, 0.717) is 12.0 Å². The summed E-state index contributed by atoms with van der Waals surface area (Å²) >= 11 is 0. The minimum atomic E-state index is -4.35. The first kappa shape index (κ1) is 22.0. The van der Waals surface area contributed by atoms with Crippen molar-refractivity contribution in [3.8, 4) is 0 Å². The van der Waals surface area contributed by atoms with Crippen molar-refractivity contribution < 1.29 is 19.1 Å². The van der Waals surface area contributed by atoms with E-state index in [9.17, 15) is 9.36 Å². The number of allylic oxidation sites excluding steroid dienone is 5. The molecule has 0 heterocycles. The maximum atomic E-state index is 11.9. The number of Topliss-reactive ketones (excluding diaryl/α,β-unsaturated/α-hetero) is 1. The zero-order valence-corrected chi connectivity index (χ0v) is 15.5. The van der Waals surface area contributed by atoms with Crippen LogP contribution in [0.2, 0.25) is 0 Å². The van der Waals surface area contributed by atoms with E-state index >= 15 is 0 Å². The predicted octanol–water partition coefficient (Wildman–Crippen LogP) is 3.48. The van der Waals surface area contributed by atoms with E-state index in [4.69, 9.17) is 15.5 Å². The van der Waals surface area contributed by atoms with E-state index < -0.39 is 19.5 Å². The molecule has 0 saturated carbocycles. The van der Waals surface area contributed by atoms with Gasteiger partial charge in [-0.05, 0) is 53.4 Å². The molecule has 0 bridgehead atoms. The average Bonchev–Trinajstić information content (AvgIpc) is 2.36. The highest BCUT2D eigenvalue weighted by atomic mass is 31.2. The van der Waals surface area contributed by atoms with Crippen molar-refractivity contribution in [3.05, 3.63) is 34.4 Å². The Bertz CT molecular complexity index is 537. The first-order chi connectivity index (χ1) is 10.6. The van der Waals surface area contributed by atoms with Crippen molar-refractivity contribution >= 4 is 13.4 Å². The van der Waals surface area contributed by atoms with E-state index in [1.807, 2.05) is 0 Å². The van der Waals surface area contributed by atoms with E-state index in [1.54, 1.807) is 6.92 Å². The normalized spacial score (nSPS) is 13.6. The summed E-state index contributed by atoms with van der Waals surface area (Å²) in [5, 5.41) is 0. The predicted molar refractivity (Wildman–Crippen MR) is 95.3 cm³/mol. The standard InChI is InChI=1S/C17H30NO4P/c1-13(2)7-5-8-14(3)9-6-10-15(4)16(11-18)17(19)12-23(20,21)22/h7,9H,5-6,8,10-12,18H2,1-4H3,(H2,20,21,22)/b14-9+,16-15-. The van der Waals surface area contributed by atoms with Gasteiger partial charge in [0.1, 0.15) is 6.16 Å². The Hall–Kier alpha value is -1.00. The Morgan fingerprint density at radius 3 is 2.09 bits per heavy atom. The summed E-state index contributed by atoms with van der Waals surface area (Å²) in [4.78, 5) is 29.7. The molecule has 0 fully saturated rings. The van der Waals surface area contributed by atoms with Crippen LogP contribution in [0.4, 0.5) is 0 Å². The molecule has 0 rings (SSSR count). The minimum absolute atomic E-state index is 0.00787. The zero-order chi connectivity index (χ0) is 18.0. The maximum absolute atomic E-state index is 11.9. The Balaban J connectivity index is 4.63. The van der Waals surface area contributed by atoms with Gasteiger partial charge in [0.05, 0.1) is 0 Å². The number of carbonyl (C=O) groups is 1. The Morgan fingerprint density at radius 2 is 1.61 bits per heavy atom. The molecule has 0 aliphatic rings. The van der Waals surface area contributed by atoms with Gasteiger partial charge in [-0.25, -0.2) is 0 Å². The molecular weight excluding hydrogens is 313 g/mol. The summed E-state index contributed by atoms with van der Waals surface area (Å²) in [6.07, 6.45) is 7.07. The lowest BCUT2D eigenvalue weighted by atomic mass is 10.0. The Labute approximate surface area is 139 Å². The summed E-state index contributed by atoms with van der Waals surface area (Å²) in [6.45, 7) is 8.05. The summed E-state index contributed by atoms with van der Waals surface area (Å²) in [5.74, 6) is -0.553. The fourth-order valence-electron chi connectivity index (χ4n) is 2.19. The topological polar surface area (TPSA) is 101 Å². The summed E-state index contributed by atoms with van der Waals surface area (Å²) in [6, 6.07) is 0. The largest absolute Gasteiger partial charge is 0.333 e. The molecular formula is C17H30NO4P. The van der Waals surface area contributed by atoms with Crippen LogP contribution < -0.4 is 5.73 Å². The molecule has 0 aromatic heterocycles. The second-order valence-electron chi connectivity index (χ2n) is 6.12. The molecule has 0 aromatic rings. The molecule has 0 aromatic carbocycles. The van der Waals surface area contributed by atoms with Crippen LogP contribution in [-0.2, 0) is 9.36 Å². The molecule has 0 aliphatic heterocycles. The maximum Gasteiger partial charge on any atom is 0.333 e. The second kappa shape index (κ2) is 10.7. The summed E-state index contributed by atoms with van der Waals surface area (Å²) < 4.78 is 10.9. The molecule has 4 N–H and O–H groups in total. The van der Waals surface area contributed by atoms with Gasteiger partial charge < -0.3 is 15.5 Å².